The van der Waals surface area contributed by atoms with E-state index in [1.165, 1.54) is 24.8 Å². The monoisotopic (exact) mass is 365 g/mol. The standard InChI is InChI=1S/C11H10AsN5O3.C2H6/c18-12(19,20)7-1-3-8(4-2-7)17-11-9-10(14-5-13-9)15-6-16-11;1-2/h1-6H,(H2,18,19,20)(H2,13,14,15,16,17);1-2H3. The van der Waals surface area contributed by atoms with Crippen LogP contribution in [-0.4, -0.2) is 42.3 Å². The molecule has 8 nitrogen and oxygen atoms in total. The molecule has 4 N–H and O–H groups in total. The number of nitrogens with zero attached hydrogens (tertiary/aromatic N) is 3. The van der Waals surface area contributed by atoms with Crippen LogP contribution >= 0.6 is 0 Å². The second-order valence-corrected chi connectivity index (χ2v) is 7.41. The number of aromatic amines is 1. The van der Waals surface area contributed by atoms with Gasteiger partial charge in [-0.2, -0.15) is 0 Å². The number of aromatic nitrogens is 4. The number of nitrogens with one attached hydrogen (secondary N) is 2. The van der Waals surface area contributed by atoms with Crippen molar-refractivity contribution in [1.29, 1.82) is 0 Å². The normalized spacial score (nSPS) is 10.9. The molecule has 22 heavy (non-hydrogen) atoms. The third-order valence-electron chi connectivity index (χ3n) is 2.69. The molecule has 116 valence electrons. The Hall–Kier alpha value is -2.15. The summed E-state index contributed by atoms with van der Waals surface area (Å²) in [6, 6.07) is 5.96. The summed E-state index contributed by atoms with van der Waals surface area (Å²) in [5.74, 6) is 0.543. The molecule has 3 rings (SSSR count). The molecule has 0 saturated carbocycles. The van der Waals surface area contributed by atoms with Crippen molar-refractivity contribution in [3.63, 3.8) is 0 Å². The van der Waals surface area contributed by atoms with Crippen molar-refractivity contribution < 1.29 is 11.9 Å². The van der Waals surface area contributed by atoms with E-state index in [1.807, 2.05) is 13.8 Å². The van der Waals surface area contributed by atoms with Crippen LogP contribution in [-0.2, 0) is 3.74 Å². The fraction of sp³-hybridized carbons (Fsp3) is 0.154. The molecule has 0 radical (unpaired) electrons. The van der Waals surface area contributed by atoms with E-state index in [0.29, 0.717) is 22.7 Å². The van der Waals surface area contributed by atoms with Crippen molar-refractivity contribution in [2.45, 2.75) is 13.8 Å². The molecule has 0 fully saturated rings. The van der Waals surface area contributed by atoms with Crippen LogP contribution in [0.1, 0.15) is 13.8 Å². The molecule has 2 aromatic heterocycles. The number of hydrogen-bond donors (Lipinski definition) is 4. The summed E-state index contributed by atoms with van der Waals surface area (Å²) in [5.41, 5.74) is 1.86. The predicted molar refractivity (Wildman–Crippen MR) is 83.3 cm³/mol. The molecule has 0 aliphatic rings. The number of rotatable bonds is 3. The summed E-state index contributed by atoms with van der Waals surface area (Å²) in [6.07, 6.45) is 2.91. The van der Waals surface area contributed by atoms with Gasteiger partial charge in [-0.15, -0.1) is 0 Å². The third kappa shape index (κ3) is 3.54. The molecule has 0 bridgehead atoms. The molecule has 0 saturated heterocycles. The summed E-state index contributed by atoms with van der Waals surface area (Å²) in [7, 11) is 0. The van der Waals surface area contributed by atoms with E-state index in [2.05, 4.69) is 25.3 Å². The zero-order valence-electron chi connectivity index (χ0n) is 12.1. The molecule has 2 heterocycles. The fourth-order valence-electron chi connectivity index (χ4n) is 1.74. The van der Waals surface area contributed by atoms with Gasteiger partial charge in [0.2, 0.25) is 0 Å². The summed E-state index contributed by atoms with van der Waals surface area (Å²) in [5, 5.41) is 3.04. The summed E-state index contributed by atoms with van der Waals surface area (Å²) in [4.78, 5) is 15.0. The molecule has 0 unspecified atom stereocenters. The average Bonchev–Trinajstić information content (AvgIpc) is 2.99. The van der Waals surface area contributed by atoms with Gasteiger partial charge in [-0.25, -0.2) is 0 Å². The van der Waals surface area contributed by atoms with Crippen molar-refractivity contribution in [2.24, 2.45) is 0 Å². The molecule has 0 aliphatic carbocycles. The van der Waals surface area contributed by atoms with E-state index in [9.17, 15) is 3.74 Å². The maximum absolute atomic E-state index is 11.1. The molecule has 0 spiro atoms. The molecule has 1 aromatic carbocycles. The van der Waals surface area contributed by atoms with Crippen LogP contribution in [0, 0.1) is 0 Å². The number of anilines is 2. The second kappa shape index (κ2) is 6.74. The fourth-order valence-corrected chi connectivity index (χ4v) is 2.86. The Morgan fingerprint density at radius 2 is 1.77 bits per heavy atom. The van der Waals surface area contributed by atoms with E-state index in [1.54, 1.807) is 12.1 Å². The van der Waals surface area contributed by atoms with Crippen LogP contribution in [0.3, 0.4) is 0 Å². The van der Waals surface area contributed by atoms with E-state index >= 15 is 0 Å². The SMILES string of the molecule is CC.O=[As](O)(O)c1ccc(Nc2ncnc3nc[nH]c23)cc1. The van der Waals surface area contributed by atoms with E-state index in [0.717, 1.165) is 0 Å². The van der Waals surface area contributed by atoms with Crippen LogP contribution < -0.4 is 9.67 Å². The molecular weight excluding hydrogens is 349 g/mol. The Morgan fingerprint density at radius 1 is 1.09 bits per heavy atom. The molecule has 0 amide bonds. The van der Waals surface area contributed by atoms with E-state index < -0.39 is 14.2 Å². The second-order valence-electron chi connectivity index (χ2n) is 4.04. The Morgan fingerprint density at radius 3 is 2.41 bits per heavy atom. The maximum atomic E-state index is 11.1. The average molecular weight is 365 g/mol. The van der Waals surface area contributed by atoms with Gasteiger partial charge in [-0.05, 0) is 0 Å². The van der Waals surface area contributed by atoms with Gasteiger partial charge >= 0.3 is 115 Å². The zero-order valence-corrected chi connectivity index (χ0v) is 13.9. The van der Waals surface area contributed by atoms with Gasteiger partial charge < -0.3 is 0 Å². The number of fused-ring (bicyclic) bond motifs is 1. The minimum absolute atomic E-state index is 0.0306. The Bertz CT molecular complexity index is 797. The first kappa shape index (κ1) is 16.2. The third-order valence-corrected chi connectivity index (χ3v) is 4.73. The number of benzene rings is 1. The first-order valence-corrected chi connectivity index (χ1v) is 9.99. The Kier molecular flexibility index (Phi) is 4.97. The number of H-pyrrole nitrogens is 1. The van der Waals surface area contributed by atoms with Crippen molar-refractivity contribution in [2.75, 3.05) is 5.32 Å². The van der Waals surface area contributed by atoms with Crippen LogP contribution in [0.2, 0.25) is 0 Å². The summed E-state index contributed by atoms with van der Waals surface area (Å²) in [6.45, 7) is 4.00. The van der Waals surface area contributed by atoms with Gasteiger partial charge in [-0.3, -0.25) is 0 Å². The molecule has 0 atom stereocenters. The van der Waals surface area contributed by atoms with Crippen LogP contribution in [0.4, 0.5) is 11.5 Å². The zero-order chi connectivity index (χ0) is 16.2. The summed E-state index contributed by atoms with van der Waals surface area (Å²) >= 11 is -4.84. The van der Waals surface area contributed by atoms with Crippen molar-refractivity contribution in [3.8, 4) is 0 Å². The molecule has 3 aromatic rings. The molecular formula is C13H16AsN5O3. The minimum atomic E-state index is -4.84. The Balaban J connectivity index is 0.000000847. The van der Waals surface area contributed by atoms with Crippen LogP contribution in [0.5, 0.6) is 0 Å². The quantitative estimate of drug-likeness (QED) is 0.503. The first-order valence-electron chi connectivity index (χ1n) is 6.61. The number of hydrogen-bond acceptors (Lipinski definition) is 5. The number of imidazole rings is 1. The van der Waals surface area contributed by atoms with E-state index in [4.69, 9.17) is 8.19 Å². The van der Waals surface area contributed by atoms with Gasteiger partial charge in [-0.1, -0.05) is 13.8 Å². The van der Waals surface area contributed by atoms with Crippen molar-refractivity contribution in [1.82, 2.24) is 19.9 Å². The van der Waals surface area contributed by atoms with Gasteiger partial charge in [0.15, 0.2) is 0 Å². The van der Waals surface area contributed by atoms with E-state index in [-0.39, 0.29) is 4.35 Å². The predicted octanol–water partition coefficient (Wildman–Crippen LogP) is 0.684. The van der Waals surface area contributed by atoms with Crippen molar-refractivity contribution >= 4 is 41.2 Å². The van der Waals surface area contributed by atoms with Gasteiger partial charge in [0, 0.05) is 0 Å². The first-order chi connectivity index (χ1) is 10.5. The Labute approximate surface area is 129 Å². The molecule has 9 heteroatoms. The van der Waals surface area contributed by atoms with Crippen LogP contribution in [0.15, 0.2) is 36.9 Å². The van der Waals surface area contributed by atoms with Crippen molar-refractivity contribution in [3.05, 3.63) is 36.9 Å². The molecule has 0 aliphatic heterocycles. The van der Waals surface area contributed by atoms with Gasteiger partial charge in [0.1, 0.15) is 0 Å². The topological polar surface area (TPSA) is 124 Å². The summed E-state index contributed by atoms with van der Waals surface area (Å²) < 4.78 is 29.4. The van der Waals surface area contributed by atoms with Crippen LogP contribution in [0.25, 0.3) is 11.2 Å². The van der Waals surface area contributed by atoms with Gasteiger partial charge in [0.25, 0.3) is 0 Å². The van der Waals surface area contributed by atoms with Gasteiger partial charge in [0.05, 0.1) is 0 Å².